The smallest absolute Gasteiger partial charge is 0.420 e. The van der Waals surface area contributed by atoms with E-state index < -0.39 is 24.1 Å². The first-order valence-electron chi connectivity index (χ1n) is 4.68. The molecule has 0 aliphatic carbocycles. The van der Waals surface area contributed by atoms with Gasteiger partial charge in [-0.25, -0.2) is 0 Å². The van der Waals surface area contributed by atoms with Gasteiger partial charge in [-0.05, 0) is 12.1 Å². The van der Waals surface area contributed by atoms with Crippen LogP contribution in [0.1, 0.15) is 11.3 Å². The standard InChI is InChI=1S/C11H7F3O3/c12-11(13,14)8-3-1-2-6-4-7(5-9(15)16)17-10(6)8/h1-4H,5H2,(H,15,16). The molecule has 0 amide bonds. The van der Waals surface area contributed by atoms with Gasteiger partial charge >= 0.3 is 12.1 Å². The predicted octanol–water partition coefficient (Wildman–Crippen LogP) is 3.08. The van der Waals surface area contributed by atoms with Gasteiger partial charge in [0.15, 0.2) is 0 Å². The Morgan fingerprint density at radius 2 is 2.06 bits per heavy atom. The molecule has 2 rings (SSSR count). The minimum atomic E-state index is -4.52. The van der Waals surface area contributed by atoms with E-state index in [1.165, 1.54) is 18.2 Å². The molecule has 0 aliphatic heterocycles. The first-order chi connectivity index (χ1) is 7.88. The fourth-order valence-electron chi connectivity index (χ4n) is 1.58. The van der Waals surface area contributed by atoms with E-state index in [0.29, 0.717) is 0 Å². The van der Waals surface area contributed by atoms with Crippen molar-refractivity contribution in [3.63, 3.8) is 0 Å². The summed E-state index contributed by atoms with van der Waals surface area (Å²) in [5, 5.41) is 8.79. The average molecular weight is 244 g/mol. The topological polar surface area (TPSA) is 50.4 Å². The molecule has 6 heteroatoms. The third-order valence-electron chi connectivity index (χ3n) is 2.23. The molecule has 0 aliphatic rings. The van der Waals surface area contributed by atoms with Crippen molar-refractivity contribution in [1.82, 2.24) is 0 Å². The van der Waals surface area contributed by atoms with Gasteiger partial charge in [0.2, 0.25) is 0 Å². The second kappa shape index (κ2) is 3.80. The van der Waals surface area contributed by atoms with Gasteiger partial charge in [-0.15, -0.1) is 0 Å². The Labute approximate surface area is 93.5 Å². The number of carbonyl (C=O) groups is 1. The molecule has 17 heavy (non-hydrogen) atoms. The monoisotopic (exact) mass is 244 g/mol. The maximum absolute atomic E-state index is 12.6. The number of hydrogen-bond acceptors (Lipinski definition) is 2. The number of hydrogen-bond donors (Lipinski definition) is 1. The van der Waals surface area contributed by atoms with Crippen molar-refractivity contribution < 1.29 is 27.5 Å². The van der Waals surface area contributed by atoms with Crippen molar-refractivity contribution in [3.05, 3.63) is 35.6 Å². The summed E-state index contributed by atoms with van der Waals surface area (Å²) in [4.78, 5) is 10.4. The van der Waals surface area contributed by atoms with Gasteiger partial charge < -0.3 is 9.52 Å². The van der Waals surface area contributed by atoms with E-state index in [9.17, 15) is 18.0 Å². The number of fused-ring (bicyclic) bond motifs is 1. The molecule has 0 spiro atoms. The highest BCUT2D eigenvalue weighted by Crippen LogP contribution is 2.35. The van der Waals surface area contributed by atoms with E-state index in [2.05, 4.69) is 0 Å². The molecule has 1 heterocycles. The number of para-hydroxylation sites is 1. The van der Waals surface area contributed by atoms with Gasteiger partial charge in [0.05, 0.1) is 5.56 Å². The van der Waals surface area contributed by atoms with Crippen LogP contribution >= 0.6 is 0 Å². The molecule has 0 saturated heterocycles. The molecule has 0 unspecified atom stereocenters. The minimum absolute atomic E-state index is 0.00389. The quantitative estimate of drug-likeness (QED) is 0.883. The molecule has 90 valence electrons. The zero-order valence-corrected chi connectivity index (χ0v) is 8.41. The maximum Gasteiger partial charge on any atom is 0.420 e. The second-order valence-corrected chi connectivity index (χ2v) is 3.50. The van der Waals surface area contributed by atoms with Gasteiger partial charge in [0.25, 0.3) is 0 Å². The zero-order valence-electron chi connectivity index (χ0n) is 8.41. The fourth-order valence-corrected chi connectivity index (χ4v) is 1.58. The second-order valence-electron chi connectivity index (χ2n) is 3.50. The molecule has 1 N–H and O–H groups in total. The van der Waals surface area contributed by atoms with E-state index in [1.54, 1.807) is 0 Å². The third-order valence-corrected chi connectivity index (χ3v) is 2.23. The highest BCUT2D eigenvalue weighted by atomic mass is 19.4. The molecule has 0 saturated carbocycles. The Hall–Kier alpha value is -1.98. The fraction of sp³-hybridized carbons (Fsp3) is 0.182. The lowest BCUT2D eigenvalue weighted by atomic mass is 10.1. The highest BCUT2D eigenvalue weighted by molar-refractivity contribution is 5.83. The van der Waals surface area contributed by atoms with Crippen molar-refractivity contribution >= 4 is 16.9 Å². The third kappa shape index (κ3) is 2.25. The number of carboxylic acids is 1. The number of alkyl halides is 3. The van der Waals surface area contributed by atoms with Crippen LogP contribution in [0.25, 0.3) is 11.0 Å². The Morgan fingerprint density at radius 1 is 1.35 bits per heavy atom. The SMILES string of the molecule is O=C(O)Cc1cc2cccc(C(F)(F)F)c2o1. The van der Waals surface area contributed by atoms with Gasteiger partial charge in [0.1, 0.15) is 17.8 Å². The predicted molar refractivity (Wildman–Crippen MR) is 52.6 cm³/mol. The molecule has 1 aromatic carbocycles. The van der Waals surface area contributed by atoms with Gasteiger partial charge in [0, 0.05) is 5.39 Å². The lowest BCUT2D eigenvalue weighted by Crippen LogP contribution is -2.04. The normalized spacial score (nSPS) is 11.9. The minimum Gasteiger partial charge on any atom is -0.481 e. The van der Waals surface area contributed by atoms with Crippen LogP contribution in [0.3, 0.4) is 0 Å². The van der Waals surface area contributed by atoms with E-state index in [0.717, 1.165) is 6.07 Å². The number of rotatable bonds is 2. The van der Waals surface area contributed by atoms with Gasteiger partial charge in [-0.3, -0.25) is 4.79 Å². The largest absolute Gasteiger partial charge is 0.481 e. The Bertz CT molecular complexity index is 569. The summed E-state index contributed by atoms with van der Waals surface area (Å²) in [6.45, 7) is 0. The summed E-state index contributed by atoms with van der Waals surface area (Å²) in [5.41, 5.74) is -1.22. The Morgan fingerprint density at radius 3 is 2.65 bits per heavy atom. The maximum atomic E-state index is 12.6. The van der Waals surface area contributed by atoms with Crippen LogP contribution in [0.15, 0.2) is 28.7 Å². The van der Waals surface area contributed by atoms with E-state index in [1.807, 2.05) is 0 Å². The van der Waals surface area contributed by atoms with E-state index in [4.69, 9.17) is 9.52 Å². The lowest BCUT2D eigenvalue weighted by molar-refractivity contribution is -0.137. The first kappa shape index (κ1) is 11.5. The summed E-state index contributed by atoms with van der Waals surface area (Å²) in [7, 11) is 0. The van der Waals surface area contributed by atoms with Crippen LogP contribution in [0, 0.1) is 0 Å². The van der Waals surface area contributed by atoms with Crippen molar-refractivity contribution in [3.8, 4) is 0 Å². The summed E-state index contributed by atoms with van der Waals surface area (Å²) in [6.07, 6.45) is -4.95. The number of benzene rings is 1. The van der Waals surface area contributed by atoms with Crippen LogP contribution in [-0.2, 0) is 17.4 Å². The zero-order chi connectivity index (χ0) is 12.6. The lowest BCUT2D eigenvalue weighted by Gasteiger charge is -2.05. The number of carboxylic acid groups (broad SMARTS) is 1. The summed E-state index contributed by atoms with van der Waals surface area (Å²) in [5.74, 6) is -1.15. The summed E-state index contributed by atoms with van der Waals surface area (Å²) < 4.78 is 42.8. The van der Waals surface area contributed by atoms with Crippen LogP contribution in [0.5, 0.6) is 0 Å². The highest BCUT2D eigenvalue weighted by Gasteiger charge is 2.34. The van der Waals surface area contributed by atoms with Crippen LogP contribution < -0.4 is 0 Å². The molecule has 2 aromatic rings. The van der Waals surface area contributed by atoms with E-state index >= 15 is 0 Å². The molecule has 0 fully saturated rings. The number of furan rings is 1. The van der Waals surface area contributed by atoms with Gasteiger partial charge in [-0.1, -0.05) is 12.1 Å². The van der Waals surface area contributed by atoms with Crippen molar-refractivity contribution in [2.75, 3.05) is 0 Å². The molecular weight excluding hydrogens is 237 g/mol. The number of aliphatic carboxylic acids is 1. The summed E-state index contributed by atoms with van der Waals surface area (Å²) in [6, 6.07) is 4.90. The van der Waals surface area contributed by atoms with Crippen LogP contribution in [-0.4, -0.2) is 11.1 Å². The molecular formula is C11H7F3O3. The van der Waals surface area contributed by atoms with Crippen LogP contribution in [0.2, 0.25) is 0 Å². The van der Waals surface area contributed by atoms with Crippen molar-refractivity contribution in [2.24, 2.45) is 0 Å². The molecule has 3 nitrogen and oxygen atoms in total. The number of halogens is 3. The molecule has 1 aromatic heterocycles. The average Bonchev–Trinajstić information content (AvgIpc) is 2.55. The van der Waals surface area contributed by atoms with Crippen molar-refractivity contribution in [1.29, 1.82) is 0 Å². The van der Waals surface area contributed by atoms with Crippen LogP contribution in [0.4, 0.5) is 13.2 Å². The van der Waals surface area contributed by atoms with E-state index in [-0.39, 0.29) is 16.7 Å². The Balaban J connectivity index is 2.57. The molecule has 0 atom stereocenters. The van der Waals surface area contributed by atoms with Gasteiger partial charge in [-0.2, -0.15) is 13.2 Å². The van der Waals surface area contributed by atoms with Crippen molar-refractivity contribution in [2.45, 2.75) is 12.6 Å². The first-order valence-corrected chi connectivity index (χ1v) is 4.68. The molecule has 0 radical (unpaired) electrons. The Kier molecular flexibility index (Phi) is 2.57. The summed E-state index contributed by atoms with van der Waals surface area (Å²) >= 11 is 0. The molecule has 0 bridgehead atoms.